The number of allylic oxidation sites excluding steroid dienone is 6. The van der Waals surface area contributed by atoms with Crippen molar-refractivity contribution in [3.8, 4) is 0 Å². The molecule has 0 unspecified atom stereocenters. The SMILES string of the molecule is COCCN(CCOC)C[C@@H]1C=C(C)[C@H](CC2=NNC(=C3C=CC(=[N+]([O-])[O-])C=C3)O2)C[C@H]1C(C)C. The molecule has 0 amide bonds. The van der Waals surface area contributed by atoms with Gasteiger partial charge in [-0.25, -0.2) is 5.43 Å². The predicted molar refractivity (Wildman–Crippen MR) is 137 cm³/mol. The highest BCUT2D eigenvalue weighted by molar-refractivity contribution is 6.02. The van der Waals surface area contributed by atoms with Crippen LogP contribution in [0.5, 0.6) is 0 Å². The maximum atomic E-state index is 10.9. The Balaban J connectivity index is 1.65. The van der Waals surface area contributed by atoms with E-state index in [1.54, 1.807) is 26.4 Å². The molecule has 0 saturated heterocycles. The van der Waals surface area contributed by atoms with Crippen LogP contribution in [-0.2, 0) is 14.2 Å². The first kappa shape index (κ1) is 27.0. The molecular weight excluding hydrogens is 448 g/mol. The van der Waals surface area contributed by atoms with E-state index in [1.165, 1.54) is 17.7 Å². The Morgan fingerprint density at radius 1 is 1.14 bits per heavy atom. The molecule has 0 aromatic carbocycles. The maximum absolute atomic E-state index is 10.9. The Hall–Kier alpha value is -2.62. The Kier molecular flexibility index (Phi) is 9.94. The monoisotopic (exact) mass is 487 g/mol. The zero-order valence-electron chi connectivity index (χ0n) is 21.5. The van der Waals surface area contributed by atoms with Crippen molar-refractivity contribution < 1.29 is 19.1 Å². The fraction of sp³-hybridized carbons (Fsp3) is 0.615. The van der Waals surface area contributed by atoms with Crippen LogP contribution in [0.2, 0.25) is 0 Å². The van der Waals surface area contributed by atoms with Crippen molar-refractivity contribution in [3.63, 3.8) is 0 Å². The fourth-order valence-corrected chi connectivity index (χ4v) is 4.95. The van der Waals surface area contributed by atoms with Gasteiger partial charge in [0.2, 0.25) is 17.5 Å². The third-order valence-corrected chi connectivity index (χ3v) is 7.04. The lowest BCUT2D eigenvalue weighted by atomic mass is 9.69. The first-order valence-electron chi connectivity index (χ1n) is 12.3. The standard InChI is InChI=1S/C26H39N4O5/c1-18(2)24-15-21(19(3)14-22(24)17-29(10-12-33-4)11-13-34-5)16-25-27-28-26(35-25)20-6-8-23(9-7-20)30(31)32/h6-9,14,18,21-22,24,28H,10-13,15-17H2,1-5H3/q-1/t21-,22-,24-/m0/s1. The van der Waals surface area contributed by atoms with Crippen LogP contribution in [0.3, 0.4) is 0 Å². The van der Waals surface area contributed by atoms with Crippen molar-refractivity contribution >= 4 is 11.6 Å². The summed E-state index contributed by atoms with van der Waals surface area (Å²) >= 11 is 0. The topological polar surface area (TPSA) is 104 Å². The molecular formula is C26H39N4O5-. The molecule has 0 radical (unpaired) electrons. The lowest BCUT2D eigenvalue weighted by molar-refractivity contribution is -0.377. The van der Waals surface area contributed by atoms with Crippen molar-refractivity contribution in [1.29, 1.82) is 0 Å². The molecule has 0 aromatic rings. The highest BCUT2D eigenvalue weighted by atomic mass is 16.8. The van der Waals surface area contributed by atoms with E-state index in [0.29, 0.717) is 48.7 Å². The van der Waals surface area contributed by atoms with Gasteiger partial charge in [0.05, 0.1) is 13.2 Å². The van der Waals surface area contributed by atoms with Gasteiger partial charge in [0.15, 0.2) is 0 Å². The molecule has 0 bridgehead atoms. The number of hydrogen-bond donors (Lipinski definition) is 1. The van der Waals surface area contributed by atoms with E-state index in [2.05, 4.69) is 42.3 Å². The van der Waals surface area contributed by atoms with Crippen LogP contribution in [0.15, 0.2) is 52.5 Å². The first-order valence-corrected chi connectivity index (χ1v) is 12.3. The molecule has 3 rings (SSSR count). The van der Waals surface area contributed by atoms with Crippen molar-refractivity contribution in [2.45, 2.75) is 33.6 Å². The van der Waals surface area contributed by atoms with Crippen molar-refractivity contribution in [2.24, 2.45) is 28.8 Å². The van der Waals surface area contributed by atoms with Crippen LogP contribution in [-0.4, -0.2) is 68.5 Å². The molecule has 0 spiro atoms. The lowest BCUT2D eigenvalue weighted by Gasteiger charge is -2.39. The summed E-state index contributed by atoms with van der Waals surface area (Å²) in [6.45, 7) is 11.1. The van der Waals surface area contributed by atoms with E-state index in [1.807, 2.05) is 0 Å². The van der Waals surface area contributed by atoms with Gasteiger partial charge in [-0.1, -0.05) is 25.5 Å². The molecule has 1 aliphatic heterocycles. The van der Waals surface area contributed by atoms with E-state index >= 15 is 0 Å². The van der Waals surface area contributed by atoms with Crippen molar-refractivity contribution in [3.05, 3.63) is 57.8 Å². The Labute approximate surface area is 208 Å². The molecule has 2 aliphatic carbocycles. The van der Waals surface area contributed by atoms with Gasteiger partial charge in [0, 0.05) is 58.0 Å². The summed E-state index contributed by atoms with van der Waals surface area (Å²) in [5.74, 6) is 3.12. The van der Waals surface area contributed by atoms with Crippen molar-refractivity contribution in [2.75, 3.05) is 47.1 Å². The van der Waals surface area contributed by atoms with Gasteiger partial charge in [-0.15, -0.1) is 5.10 Å². The van der Waals surface area contributed by atoms with Gasteiger partial charge in [-0.2, -0.15) is 4.90 Å². The van der Waals surface area contributed by atoms with Crippen LogP contribution in [0, 0.1) is 34.1 Å². The van der Waals surface area contributed by atoms with Crippen LogP contribution >= 0.6 is 0 Å². The predicted octanol–water partition coefficient (Wildman–Crippen LogP) is 3.55. The van der Waals surface area contributed by atoms with Crippen LogP contribution in [0.4, 0.5) is 0 Å². The molecule has 9 heteroatoms. The molecule has 0 saturated carbocycles. The fourth-order valence-electron chi connectivity index (χ4n) is 4.95. The van der Waals surface area contributed by atoms with Gasteiger partial charge in [0.25, 0.3) is 0 Å². The second-order valence-electron chi connectivity index (χ2n) is 9.76. The number of hydrazone groups is 1. The number of nitrogens with one attached hydrogen (secondary N) is 1. The normalized spacial score (nSPS) is 24.1. The second-order valence-corrected chi connectivity index (χ2v) is 9.76. The van der Waals surface area contributed by atoms with Crippen LogP contribution in [0.1, 0.15) is 33.6 Å². The van der Waals surface area contributed by atoms with E-state index in [0.717, 1.165) is 38.0 Å². The van der Waals surface area contributed by atoms with Crippen LogP contribution < -0.4 is 5.43 Å². The average Bonchev–Trinajstić information content (AvgIpc) is 3.30. The molecule has 1 N–H and O–H groups in total. The summed E-state index contributed by atoms with van der Waals surface area (Å²) in [6, 6.07) is 0. The van der Waals surface area contributed by atoms with E-state index in [9.17, 15) is 10.4 Å². The van der Waals surface area contributed by atoms with E-state index < -0.39 is 4.90 Å². The van der Waals surface area contributed by atoms with Gasteiger partial charge >= 0.3 is 0 Å². The maximum Gasteiger partial charge on any atom is 0.222 e. The van der Waals surface area contributed by atoms with Gasteiger partial charge in [0.1, 0.15) is 0 Å². The summed E-state index contributed by atoms with van der Waals surface area (Å²) in [4.78, 5) is 2.03. The first-order chi connectivity index (χ1) is 16.8. The van der Waals surface area contributed by atoms with Gasteiger partial charge < -0.3 is 24.6 Å². The Morgan fingerprint density at radius 3 is 2.37 bits per heavy atom. The highest BCUT2D eigenvalue weighted by Crippen LogP contribution is 2.40. The molecule has 3 aliphatic rings. The van der Waals surface area contributed by atoms with Crippen molar-refractivity contribution in [1.82, 2.24) is 10.3 Å². The summed E-state index contributed by atoms with van der Waals surface area (Å²) in [6.07, 6.45) is 10.5. The van der Waals surface area contributed by atoms with E-state index in [4.69, 9.17) is 14.2 Å². The minimum absolute atomic E-state index is 0.0498. The Morgan fingerprint density at radius 2 is 1.80 bits per heavy atom. The smallest absolute Gasteiger partial charge is 0.222 e. The van der Waals surface area contributed by atoms with E-state index in [-0.39, 0.29) is 5.71 Å². The third-order valence-electron chi connectivity index (χ3n) is 7.04. The van der Waals surface area contributed by atoms with Gasteiger partial charge in [-0.3, -0.25) is 4.90 Å². The minimum atomic E-state index is -0.412. The van der Waals surface area contributed by atoms with Crippen LogP contribution in [0.25, 0.3) is 0 Å². The molecule has 1 heterocycles. The lowest BCUT2D eigenvalue weighted by Crippen LogP contribution is -2.40. The zero-order valence-corrected chi connectivity index (χ0v) is 21.5. The molecule has 3 atom stereocenters. The third kappa shape index (κ3) is 7.43. The largest absolute Gasteiger partial charge is 0.612 e. The highest BCUT2D eigenvalue weighted by Gasteiger charge is 2.34. The Bertz CT molecular complexity index is 889. The number of nitrogens with zero attached hydrogens (tertiary/aromatic N) is 3. The number of methoxy groups -OCH3 is 2. The van der Waals surface area contributed by atoms with Gasteiger partial charge in [-0.05, 0) is 49.2 Å². The number of rotatable bonds is 11. The average molecular weight is 488 g/mol. The second kappa shape index (κ2) is 12.9. The zero-order chi connectivity index (χ0) is 25.4. The number of hydrogen-bond acceptors (Lipinski definition) is 8. The molecule has 9 nitrogen and oxygen atoms in total. The summed E-state index contributed by atoms with van der Waals surface area (Å²) in [5, 5.41) is 26.2. The molecule has 194 valence electrons. The molecule has 35 heavy (non-hydrogen) atoms. The summed E-state index contributed by atoms with van der Waals surface area (Å²) in [7, 11) is 3.49. The molecule has 0 fully saturated rings. The summed E-state index contributed by atoms with van der Waals surface area (Å²) < 4.78 is 16.6. The molecule has 0 aromatic heterocycles. The summed E-state index contributed by atoms with van der Waals surface area (Å²) in [5.41, 5.74) is 5.11. The quantitative estimate of drug-likeness (QED) is 0.270. The number of ether oxygens (including phenoxy) is 3. The minimum Gasteiger partial charge on any atom is -0.612 e.